The van der Waals surface area contributed by atoms with Gasteiger partial charge in [-0.2, -0.15) is 0 Å². The quantitative estimate of drug-likeness (QED) is 0.732. The van der Waals surface area contributed by atoms with Crippen LogP contribution in [0.3, 0.4) is 0 Å². The van der Waals surface area contributed by atoms with E-state index >= 15 is 0 Å². The molecule has 2 nitrogen and oxygen atoms in total. The summed E-state index contributed by atoms with van der Waals surface area (Å²) < 4.78 is 6.13. The first-order valence-electron chi connectivity index (χ1n) is 7.78. The minimum absolute atomic E-state index is 0.383. The van der Waals surface area contributed by atoms with Crippen LogP contribution in [-0.2, 0) is 0 Å². The van der Waals surface area contributed by atoms with Gasteiger partial charge in [-0.25, -0.2) is 0 Å². The van der Waals surface area contributed by atoms with Gasteiger partial charge < -0.3 is 10.1 Å². The van der Waals surface area contributed by atoms with Crippen molar-refractivity contribution in [3.8, 4) is 5.75 Å². The van der Waals surface area contributed by atoms with Crippen LogP contribution in [0.25, 0.3) is 0 Å². The molecule has 19 heavy (non-hydrogen) atoms. The molecule has 1 heterocycles. The van der Waals surface area contributed by atoms with Crippen LogP contribution in [0.1, 0.15) is 63.5 Å². The fourth-order valence-corrected chi connectivity index (χ4v) is 2.92. The average Bonchev–Trinajstić information content (AvgIpc) is 2.46. The molecule has 2 heteroatoms. The van der Waals surface area contributed by atoms with Gasteiger partial charge in [-0.15, -0.1) is 0 Å². The van der Waals surface area contributed by atoms with Gasteiger partial charge in [0.2, 0.25) is 0 Å². The van der Waals surface area contributed by atoms with E-state index in [2.05, 4.69) is 36.5 Å². The summed E-state index contributed by atoms with van der Waals surface area (Å²) in [6.45, 7) is 2.26. The Morgan fingerprint density at radius 2 is 1.95 bits per heavy atom. The standard InChI is InChI=1S/C17H27NO/c1-3-4-5-6-7-10-14-13-16(18-2)15-11-8-9-12-17(15)19-14/h8-9,11-12,14,16,18H,3-7,10,13H2,1-2H3. The molecule has 2 unspecified atom stereocenters. The van der Waals surface area contributed by atoms with Crippen LogP contribution in [0.15, 0.2) is 24.3 Å². The molecule has 0 amide bonds. The Morgan fingerprint density at radius 1 is 1.16 bits per heavy atom. The first-order chi connectivity index (χ1) is 9.35. The zero-order valence-electron chi connectivity index (χ0n) is 12.3. The zero-order valence-corrected chi connectivity index (χ0v) is 12.3. The molecule has 0 aliphatic carbocycles. The van der Waals surface area contributed by atoms with Crippen LogP contribution >= 0.6 is 0 Å². The molecule has 1 aromatic carbocycles. The topological polar surface area (TPSA) is 21.3 Å². The molecule has 0 spiro atoms. The highest BCUT2D eigenvalue weighted by atomic mass is 16.5. The maximum atomic E-state index is 6.13. The zero-order chi connectivity index (χ0) is 13.5. The average molecular weight is 261 g/mol. The van der Waals surface area contributed by atoms with Gasteiger partial charge in [0.05, 0.1) is 0 Å². The molecule has 0 radical (unpaired) electrons. The number of nitrogens with one attached hydrogen (secondary N) is 1. The third kappa shape index (κ3) is 3.97. The van der Waals surface area contributed by atoms with Gasteiger partial charge in [0.1, 0.15) is 11.9 Å². The second kappa shape index (κ2) is 7.54. The van der Waals surface area contributed by atoms with E-state index in [9.17, 15) is 0 Å². The molecule has 1 aromatic rings. The number of rotatable bonds is 7. The fourth-order valence-electron chi connectivity index (χ4n) is 2.92. The van der Waals surface area contributed by atoms with Crippen molar-refractivity contribution in [1.82, 2.24) is 5.32 Å². The van der Waals surface area contributed by atoms with Crippen LogP contribution < -0.4 is 10.1 Å². The highest BCUT2D eigenvalue weighted by Crippen LogP contribution is 2.35. The van der Waals surface area contributed by atoms with Crippen LogP contribution in [0.4, 0.5) is 0 Å². The second-order valence-electron chi connectivity index (χ2n) is 5.56. The van der Waals surface area contributed by atoms with Crippen LogP contribution in [-0.4, -0.2) is 13.2 Å². The van der Waals surface area contributed by atoms with Crippen molar-refractivity contribution in [2.45, 2.75) is 64.0 Å². The summed E-state index contributed by atoms with van der Waals surface area (Å²) >= 11 is 0. The van der Waals surface area contributed by atoms with E-state index in [1.165, 1.54) is 44.1 Å². The lowest BCUT2D eigenvalue weighted by Gasteiger charge is -2.32. The van der Waals surface area contributed by atoms with Crippen molar-refractivity contribution in [2.75, 3.05) is 7.05 Å². The number of ether oxygens (including phenoxy) is 1. The Morgan fingerprint density at radius 3 is 2.74 bits per heavy atom. The van der Waals surface area contributed by atoms with E-state index in [0.29, 0.717) is 12.1 Å². The Balaban J connectivity index is 1.85. The highest BCUT2D eigenvalue weighted by Gasteiger charge is 2.26. The lowest BCUT2D eigenvalue weighted by atomic mass is 9.94. The first-order valence-corrected chi connectivity index (χ1v) is 7.78. The molecule has 106 valence electrons. The Bertz CT molecular complexity index is 377. The Labute approximate surface area is 117 Å². The summed E-state index contributed by atoms with van der Waals surface area (Å²) in [4.78, 5) is 0. The summed E-state index contributed by atoms with van der Waals surface area (Å²) in [6, 6.07) is 8.88. The minimum atomic E-state index is 0.383. The Kier molecular flexibility index (Phi) is 5.71. The maximum absolute atomic E-state index is 6.13. The molecule has 0 saturated carbocycles. The van der Waals surface area contributed by atoms with Gasteiger partial charge in [0, 0.05) is 18.0 Å². The van der Waals surface area contributed by atoms with Gasteiger partial charge >= 0.3 is 0 Å². The van der Waals surface area contributed by atoms with E-state index in [-0.39, 0.29) is 0 Å². The summed E-state index contributed by atoms with van der Waals surface area (Å²) in [6.07, 6.45) is 9.37. The molecule has 2 rings (SSSR count). The van der Waals surface area contributed by atoms with E-state index in [0.717, 1.165) is 12.2 Å². The van der Waals surface area contributed by atoms with Gasteiger partial charge in [-0.3, -0.25) is 0 Å². The third-order valence-electron chi connectivity index (χ3n) is 4.06. The molecule has 0 fully saturated rings. The molecule has 1 aliphatic heterocycles. The van der Waals surface area contributed by atoms with Crippen molar-refractivity contribution < 1.29 is 4.74 Å². The SMILES string of the molecule is CCCCCCCC1CC(NC)c2ccccc2O1. The van der Waals surface area contributed by atoms with Crippen molar-refractivity contribution in [1.29, 1.82) is 0 Å². The Hall–Kier alpha value is -1.02. The molecule has 1 aliphatic rings. The van der Waals surface area contributed by atoms with E-state index in [1.54, 1.807) is 0 Å². The van der Waals surface area contributed by atoms with Crippen LogP contribution in [0.2, 0.25) is 0 Å². The van der Waals surface area contributed by atoms with Gasteiger partial charge in [0.15, 0.2) is 0 Å². The van der Waals surface area contributed by atoms with Gasteiger partial charge in [-0.05, 0) is 26.0 Å². The van der Waals surface area contributed by atoms with Crippen LogP contribution in [0.5, 0.6) is 5.75 Å². The summed E-state index contributed by atoms with van der Waals surface area (Å²) in [5.74, 6) is 1.08. The molecule has 0 bridgehead atoms. The summed E-state index contributed by atoms with van der Waals surface area (Å²) in [5.41, 5.74) is 1.31. The van der Waals surface area contributed by atoms with E-state index in [1.807, 2.05) is 7.05 Å². The molecular weight excluding hydrogens is 234 g/mol. The smallest absolute Gasteiger partial charge is 0.124 e. The minimum Gasteiger partial charge on any atom is -0.490 e. The van der Waals surface area contributed by atoms with Crippen molar-refractivity contribution in [2.24, 2.45) is 0 Å². The number of para-hydroxylation sites is 1. The fraction of sp³-hybridized carbons (Fsp3) is 0.647. The van der Waals surface area contributed by atoms with Crippen molar-refractivity contribution in [3.63, 3.8) is 0 Å². The first kappa shape index (κ1) is 14.4. The maximum Gasteiger partial charge on any atom is 0.124 e. The van der Waals surface area contributed by atoms with E-state index in [4.69, 9.17) is 4.74 Å². The molecule has 0 aromatic heterocycles. The lowest BCUT2D eigenvalue weighted by Crippen LogP contribution is -2.31. The lowest BCUT2D eigenvalue weighted by molar-refractivity contribution is 0.140. The molecule has 1 N–H and O–H groups in total. The predicted molar refractivity (Wildman–Crippen MR) is 80.7 cm³/mol. The number of fused-ring (bicyclic) bond motifs is 1. The van der Waals surface area contributed by atoms with Gasteiger partial charge in [-0.1, -0.05) is 50.8 Å². The van der Waals surface area contributed by atoms with Crippen molar-refractivity contribution in [3.05, 3.63) is 29.8 Å². The molecular formula is C17H27NO. The normalized spacial score (nSPS) is 21.8. The number of unbranched alkanes of at least 4 members (excludes halogenated alkanes) is 4. The number of benzene rings is 1. The molecule has 2 atom stereocenters. The highest BCUT2D eigenvalue weighted by molar-refractivity contribution is 5.37. The van der Waals surface area contributed by atoms with E-state index < -0.39 is 0 Å². The monoisotopic (exact) mass is 261 g/mol. The number of hydrogen-bond donors (Lipinski definition) is 1. The summed E-state index contributed by atoms with van der Waals surface area (Å²) in [7, 11) is 2.05. The number of hydrogen-bond acceptors (Lipinski definition) is 2. The molecule has 0 saturated heterocycles. The predicted octanol–water partition coefficient (Wildman–Crippen LogP) is 4.46. The van der Waals surface area contributed by atoms with Crippen LogP contribution in [0, 0.1) is 0 Å². The second-order valence-corrected chi connectivity index (χ2v) is 5.56. The third-order valence-corrected chi connectivity index (χ3v) is 4.06. The van der Waals surface area contributed by atoms with Crippen molar-refractivity contribution >= 4 is 0 Å². The van der Waals surface area contributed by atoms with Gasteiger partial charge in [0.25, 0.3) is 0 Å². The largest absolute Gasteiger partial charge is 0.490 e. The summed E-state index contributed by atoms with van der Waals surface area (Å²) in [5, 5.41) is 3.42.